The highest BCUT2D eigenvalue weighted by Gasteiger charge is 2.29. The van der Waals surface area contributed by atoms with Crippen molar-refractivity contribution < 1.29 is 9.90 Å². The van der Waals surface area contributed by atoms with Gasteiger partial charge in [-0.05, 0) is 28.8 Å². The molecule has 2 heterocycles. The summed E-state index contributed by atoms with van der Waals surface area (Å²) >= 11 is 3.28. The molecule has 6 nitrogen and oxygen atoms in total. The van der Waals surface area contributed by atoms with E-state index in [-0.39, 0.29) is 6.04 Å². The molecular formula is C11H15BrN4O2. The smallest absolute Gasteiger partial charge is 0.407 e. The molecule has 98 valence electrons. The molecular weight excluding hydrogens is 300 g/mol. The number of likely N-dealkylation sites (tertiary alicyclic amines) is 1. The first-order valence-corrected chi connectivity index (χ1v) is 6.55. The minimum absolute atomic E-state index is 0.0275. The van der Waals surface area contributed by atoms with E-state index in [0.717, 1.165) is 17.3 Å². The monoisotopic (exact) mass is 314 g/mol. The van der Waals surface area contributed by atoms with Gasteiger partial charge in [0.1, 0.15) is 0 Å². The van der Waals surface area contributed by atoms with Crippen LogP contribution in [0.3, 0.4) is 0 Å². The molecule has 18 heavy (non-hydrogen) atoms. The van der Waals surface area contributed by atoms with Crippen LogP contribution >= 0.6 is 15.9 Å². The molecule has 0 aromatic carbocycles. The highest BCUT2D eigenvalue weighted by molar-refractivity contribution is 9.10. The molecule has 1 N–H and O–H groups in total. The SMILES string of the molecule is CN(C[C@@H]1CCCN1C(=O)O)c1ncc(Br)cn1. The van der Waals surface area contributed by atoms with Crippen LogP contribution in [0.15, 0.2) is 16.9 Å². The third kappa shape index (κ3) is 2.90. The van der Waals surface area contributed by atoms with E-state index in [1.165, 1.54) is 4.90 Å². The van der Waals surface area contributed by atoms with Gasteiger partial charge in [0.2, 0.25) is 5.95 Å². The molecule has 0 bridgehead atoms. The van der Waals surface area contributed by atoms with E-state index in [1.807, 2.05) is 11.9 Å². The Hall–Kier alpha value is -1.37. The van der Waals surface area contributed by atoms with Crippen molar-refractivity contribution in [3.8, 4) is 0 Å². The molecule has 1 amide bonds. The maximum atomic E-state index is 11.0. The Balaban J connectivity index is 2.00. The average Bonchev–Trinajstić information content (AvgIpc) is 2.78. The van der Waals surface area contributed by atoms with Crippen LogP contribution in [0.4, 0.5) is 10.7 Å². The van der Waals surface area contributed by atoms with Gasteiger partial charge < -0.3 is 14.9 Å². The average molecular weight is 315 g/mol. The molecule has 0 spiro atoms. The summed E-state index contributed by atoms with van der Waals surface area (Å²) < 4.78 is 0.827. The molecule has 0 unspecified atom stereocenters. The fraction of sp³-hybridized carbons (Fsp3) is 0.545. The maximum absolute atomic E-state index is 11.0. The van der Waals surface area contributed by atoms with Gasteiger partial charge in [-0.25, -0.2) is 14.8 Å². The van der Waals surface area contributed by atoms with Crippen molar-refractivity contribution in [2.45, 2.75) is 18.9 Å². The van der Waals surface area contributed by atoms with Crippen LogP contribution in [-0.4, -0.2) is 52.2 Å². The van der Waals surface area contributed by atoms with Crippen LogP contribution in [-0.2, 0) is 0 Å². The number of carbonyl (C=O) groups is 1. The first-order valence-electron chi connectivity index (χ1n) is 5.76. The number of aromatic nitrogens is 2. The number of amides is 1. The van der Waals surface area contributed by atoms with E-state index in [1.54, 1.807) is 12.4 Å². The second-order valence-electron chi connectivity index (χ2n) is 4.35. The zero-order valence-electron chi connectivity index (χ0n) is 10.1. The fourth-order valence-electron chi connectivity index (χ4n) is 2.18. The molecule has 1 aromatic heterocycles. The van der Waals surface area contributed by atoms with Crippen LogP contribution < -0.4 is 4.90 Å². The second kappa shape index (κ2) is 5.51. The summed E-state index contributed by atoms with van der Waals surface area (Å²) in [6, 6.07) is 0.0275. The number of carboxylic acid groups (broad SMARTS) is 1. The summed E-state index contributed by atoms with van der Waals surface area (Å²) in [6.45, 7) is 1.24. The predicted molar refractivity (Wildman–Crippen MR) is 70.8 cm³/mol. The third-order valence-electron chi connectivity index (χ3n) is 3.06. The summed E-state index contributed by atoms with van der Waals surface area (Å²) in [5.74, 6) is 0.607. The largest absolute Gasteiger partial charge is 0.465 e. The summed E-state index contributed by atoms with van der Waals surface area (Å²) in [5.41, 5.74) is 0. The standard InChI is InChI=1S/C11H15BrN4O2/c1-15(10-13-5-8(12)6-14-10)7-9-3-2-4-16(9)11(17)18/h5-6,9H,2-4,7H2,1H3,(H,17,18)/t9-/m0/s1. The van der Waals surface area contributed by atoms with Crippen molar-refractivity contribution in [3.63, 3.8) is 0 Å². The quantitative estimate of drug-likeness (QED) is 0.921. The Labute approximate surface area is 114 Å². The predicted octanol–water partition coefficient (Wildman–Crippen LogP) is 1.82. The zero-order valence-corrected chi connectivity index (χ0v) is 11.7. The molecule has 0 radical (unpaired) electrons. The Morgan fingerprint density at radius 3 is 2.89 bits per heavy atom. The number of halogens is 1. The third-order valence-corrected chi connectivity index (χ3v) is 3.47. The molecule has 1 saturated heterocycles. The minimum Gasteiger partial charge on any atom is -0.465 e. The summed E-state index contributed by atoms with van der Waals surface area (Å²) in [4.78, 5) is 22.8. The van der Waals surface area contributed by atoms with E-state index in [0.29, 0.717) is 19.0 Å². The summed E-state index contributed by atoms with van der Waals surface area (Å²) in [5, 5.41) is 9.07. The Kier molecular flexibility index (Phi) is 4.00. The van der Waals surface area contributed by atoms with Crippen LogP contribution in [0.25, 0.3) is 0 Å². The van der Waals surface area contributed by atoms with Gasteiger partial charge in [0, 0.05) is 32.5 Å². The van der Waals surface area contributed by atoms with E-state index in [2.05, 4.69) is 25.9 Å². The highest BCUT2D eigenvalue weighted by atomic mass is 79.9. The highest BCUT2D eigenvalue weighted by Crippen LogP contribution is 2.19. The molecule has 0 saturated carbocycles. The number of rotatable bonds is 3. The summed E-state index contributed by atoms with van der Waals surface area (Å²) in [7, 11) is 1.88. The molecule has 0 aliphatic carbocycles. The van der Waals surface area contributed by atoms with Gasteiger partial charge in [0.05, 0.1) is 10.5 Å². The van der Waals surface area contributed by atoms with Crippen LogP contribution in [0, 0.1) is 0 Å². The van der Waals surface area contributed by atoms with Gasteiger partial charge >= 0.3 is 6.09 Å². The normalized spacial score (nSPS) is 19.0. The number of likely N-dealkylation sites (N-methyl/N-ethyl adjacent to an activating group) is 1. The van der Waals surface area contributed by atoms with Crippen molar-refractivity contribution in [1.82, 2.24) is 14.9 Å². The van der Waals surface area contributed by atoms with Crippen molar-refractivity contribution in [2.24, 2.45) is 0 Å². The lowest BCUT2D eigenvalue weighted by molar-refractivity contribution is 0.141. The molecule has 1 fully saturated rings. The summed E-state index contributed by atoms with van der Waals surface area (Å²) in [6.07, 6.45) is 4.34. The van der Waals surface area contributed by atoms with Gasteiger partial charge in [0.15, 0.2) is 0 Å². The zero-order chi connectivity index (χ0) is 13.1. The molecule has 1 atom stereocenters. The second-order valence-corrected chi connectivity index (χ2v) is 5.27. The number of hydrogen-bond donors (Lipinski definition) is 1. The van der Waals surface area contributed by atoms with Gasteiger partial charge in [-0.2, -0.15) is 0 Å². The molecule has 1 aliphatic heterocycles. The van der Waals surface area contributed by atoms with E-state index < -0.39 is 6.09 Å². The Morgan fingerprint density at radius 1 is 1.61 bits per heavy atom. The van der Waals surface area contributed by atoms with Gasteiger partial charge in [0.25, 0.3) is 0 Å². The van der Waals surface area contributed by atoms with Crippen molar-refractivity contribution in [3.05, 3.63) is 16.9 Å². The fourth-order valence-corrected chi connectivity index (χ4v) is 2.38. The van der Waals surface area contributed by atoms with Gasteiger partial charge in [-0.3, -0.25) is 0 Å². The number of nitrogens with zero attached hydrogens (tertiary/aromatic N) is 4. The first-order chi connectivity index (χ1) is 8.58. The first kappa shape index (κ1) is 13.1. The van der Waals surface area contributed by atoms with Crippen LogP contribution in [0.2, 0.25) is 0 Å². The Morgan fingerprint density at radius 2 is 2.28 bits per heavy atom. The molecule has 7 heteroatoms. The molecule has 2 rings (SSSR count). The number of hydrogen-bond acceptors (Lipinski definition) is 4. The van der Waals surface area contributed by atoms with Gasteiger partial charge in [-0.15, -0.1) is 0 Å². The van der Waals surface area contributed by atoms with E-state index >= 15 is 0 Å². The Bertz CT molecular complexity index is 426. The van der Waals surface area contributed by atoms with E-state index in [9.17, 15) is 4.79 Å². The lowest BCUT2D eigenvalue weighted by Gasteiger charge is -2.26. The lowest BCUT2D eigenvalue weighted by atomic mass is 10.2. The molecule has 1 aromatic rings. The van der Waals surface area contributed by atoms with Crippen LogP contribution in [0.1, 0.15) is 12.8 Å². The lowest BCUT2D eigenvalue weighted by Crippen LogP contribution is -2.42. The van der Waals surface area contributed by atoms with Crippen molar-refractivity contribution >= 4 is 28.0 Å². The maximum Gasteiger partial charge on any atom is 0.407 e. The van der Waals surface area contributed by atoms with Crippen molar-refractivity contribution in [2.75, 3.05) is 25.0 Å². The van der Waals surface area contributed by atoms with Crippen molar-refractivity contribution in [1.29, 1.82) is 0 Å². The van der Waals surface area contributed by atoms with Crippen LogP contribution in [0.5, 0.6) is 0 Å². The van der Waals surface area contributed by atoms with E-state index in [4.69, 9.17) is 5.11 Å². The topological polar surface area (TPSA) is 69.6 Å². The minimum atomic E-state index is -0.845. The number of anilines is 1. The molecule has 1 aliphatic rings. The van der Waals surface area contributed by atoms with Gasteiger partial charge in [-0.1, -0.05) is 0 Å².